The number of benzene rings is 1. The van der Waals surface area contributed by atoms with E-state index in [1.165, 1.54) is 26.0 Å². The molecule has 212 valence electrons. The monoisotopic (exact) mass is 544 g/mol. The van der Waals surface area contributed by atoms with Gasteiger partial charge >= 0.3 is 11.9 Å². The van der Waals surface area contributed by atoms with Crippen molar-refractivity contribution in [2.75, 3.05) is 6.61 Å². The van der Waals surface area contributed by atoms with Gasteiger partial charge < -0.3 is 34.6 Å². The van der Waals surface area contributed by atoms with Gasteiger partial charge in [0.15, 0.2) is 11.4 Å². The molecule has 9 atom stereocenters. The summed E-state index contributed by atoms with van der Waals surface area (Å²) >= 11 is 0. The molecule has 1 aromatic rings. The van der Waals surface area contributed by atoms with Crippen LogP contribution in [0, 0.1) is 16.7 Å². The van der Waals surface area contributed by atoms with Gasteiger partial charge in [-0.05, 0) is 37.1 Å². The molecule has 4 N–H and O–H groups in total. The third kappa shape index (κ3) is 3.62. The first-order valence-corrected chi connectivity index (χ1v) is 13.2. The average Bonchev–Trinajstić information content (AvgIpc) is 2.87. The Hall–Kier alpha value is -2.63. The third-order valence-electron chi connectivity index (χ3n) is 9.95. The maximum Gasteiger partial charge on any atom is 0.338 e. The molecule has 0 radical (unpaired) electrons. The van der Waals surface area contributed by atoms with Crippen molar-refractivity contribution in [2.24, 2.45) is 16.7 Å². The van der Waals surface area contributed by atoms with Gasteiger partial charge in [-0.25, -0.2) is 4.79 Å². The zero-order valence-electron chi connectivity index (χ0n) is 22.7. The summed E-state index contributed by atoms with van der Waals surface area (Å²) < 4.78 is 17.7. The fraction of sp³-hybridized carbons (Fsp3) is 0.621. The van der Waals surface area contributed by atoms with Crippen molar-refractivity contribution in [2.45, 2.75) is 89.2 Å². The van der Waals surface area contributed by atoms with Crippen LogP contribution in [0.25, 0.3) is 0 Å². The molecular formula is C29H36O10. The summed E-state index contributed by atoms with van der Waals surface area (Å²) in [5, 5.41) is 46.7. The summed E-state index contributed by atoms with van der Waals surface area (Å²) in [7, 11) is 0. The Labute approximate surface area is 226 Å². The zero-order chi connectivity index (χ0) is 28.7. The lowest BCUT2D eigenvalue weighted by atomic mass is 9.44. The molecule has 1 aliphatic heterocycles. The highest BCUT2D eigenvalue weighted by molar-refractivity contribution is 5.94. The molecule has 39 heavy (non-hydrogen) atoms. The molecule has 1 heterocycles. The normalized spacial score (nSPS) is 42.7. The van der Waals surface area contributed by atoms with Crippen molar-refractivity contribution < 1.29 is 49.0 Å². The van der Waals surface area contributed by atoms with Gasteiger partial charge in [0.1, 0.15) is 23.9 Å². The molecule has 0 spiro atoms. The van der Waals surface area contributed by atoms with E-state index < -0.39 is 76.2 Å². The molecule has 0 amide bonds. The third-order valence-corrected chi connectivity index (χ3v) is 9.95. The Bertz CT molecular complexity index is 1240. The van der Waals surface area contributed by atoms with Gasteiger partial charge in [0, 0.05) is 25.2 Å². The van der Waals surface area contributed by atoms with Crippen LogP contribution in [0.5, 0.6) is 0 Å². The van der Waals surface area contributed by atoms with Crippen molar-refractivity contribution in [1.29, 1.82) is 0 Å². The van der Waals surface area contributed by atoms with Gasteiger partial charge in [-0.3, -0.25) is 9.59 Å². The van der Waals surface area contributed by atoms with E-state index in [0.29, 0.717) is 5.57 Å². The van der Waals surface area contributed by atoms with Gasteiger partial charge in [-0.15, -0.1) is 0 Å². The molecule has 0 aromatic heterocycles. The first kappa shape index (κ1) is 27.9. The molecule has 3 fully saturated rings. The van der Waals surface area contributed by atoms with Crippen LogP contribution in [0.15, 0.2) is 41.5 Å². The molecule has 1 aromatic carbocycles. The fourth-order valence-electron chi connectivity index (χ4n) is 7.66. The van der Waals surface area contributed by atoms with Crippen LogP contribution >= 0.6 is 0 Å². The highest BCUT2D eigenvalue weighted by atomic mass is 16.6. The number of Topliss-reactive ketones (excluding diaryl/α,β-unsaturated/α-hetero) is 1. The molecule has 1 saturated heterocycles. The second kappa shape index (κ2) is 8.94. The number of fused-ring (bicyclic) bond motifs is 5. The smallest absolute Gasteiger partial charge is 0.338 e. The molecule has 10 heteroatoms. The van der Waals surface area contributed by atoms with Gasteiger partial charge in [0.05, 0.1) is 35.7 Å². The van der Waals surface area contributed by atoms with Crippen LogP contribution in [-0.2, 0) is 23.8 Å². The molecule has 2 bridgehead atoms. The second-order valence-corrected chi connectivity index (χ2v) is 12.2. The molecule has 10 nitrogen and oxygen atoms in total. The zero-order valence-corrected chi connectivity index (χ0v) is 22.7. The lowest BCUT2D eigenvalue weighted by Gasteiger charge is -2.67. The largest absolute Gasteiger partial charge is 0.455 e. The summed E-state index contributed by atoms with van der Waals surface area (Å²) in [6.45, 7) is 7.29. The Morgan fingerprint density at radius 3 is 2.28 bits per heavy atom. The van der Waals surface area contributed by atoms with Crippen LogP contribution in [0.3, 0.4) is 0 Å². The van der Waals surface area contributed by atoms with Crippen molar-refractivity contribution in [3.63, 3.8) is 0 Å². The first-order chi connectivity index (χ1) is 18.1. The highest BCUT2D eigenvalue weighted by Gasteiger charge is 2.77. The van der Waals surface area contributed by atoms with E-state index in [-0.39, 0.29) is 30.6 Å². The number of carbonyl (C=O) groups is 3. The maximum atomic E-state index is 14.3. The van der Waals surface area contributed by atoms with E-state index in [1.54, 1.807) is 39.0 Å². The minimum Gasteiger partial charge on any atom is -0.455 e. The molecular weight excluding hydrogens is 508 g/mol. The van der Waals surface area contributed by atoms with E-state index in [9.17, 15) is 34.8 Å². The quantitative estimate of drug-likeness (QED) is 0.320. The number of hydrogen-bond donors (Lipinski definition) is 4. The standard InChI is InChI=1S/C29H36O10/c1-14-17(31)12-29(36)24(38-25(35)16-9-7-6-8-10-16)22-27(5,23(34)21(33)20(14)26(29,3)4)18(32)11-19-28(22,13-37-19)39-15(2)30/h6-10,17-19,21-22,24,31-33,36H,11-13H2,1-5H3/t17-,18+,19+,21+,22?,24-,27+,28-,29+/m0/s1. The second-order valence-electron chi connectivity index (χ2n) is 12.2. The number of aliphatic hydroxyl groups excluding tert-OH is 3. The van der Waals surface area contributed by atoms with Gasteiger partial charge in [0.2, 0.25) is 0 Å². The van der Waals surface area contributed by atoms with Gasteiger partial charge in [0.25, 0.3) is 0 Å². The number of hydrogen-bond acceptors (Lipinski definition) is 10. The maximum absolute atomic E-state index is 14.3. The van der Waals surface area contributed by atoms with Gasteiger partial charge in [-0.2, -0.15) is 0 Å². The predicted octanol–water partition coefficient (Wildman–Crippen LogP) is 1.08. The Morgan fingerprint density at radius 1 is 1.08 bits per heavy atom. The Balaban J connectivity index is 1.81. The summed E-state index contributed by atoms with van der Waals surface area (Å²) in [5.74, 6) is -3.60. The van der Waals surface area contributed by atoms with Crippen molar-refractivity contribution in [3.05, 3.63) is 47.0 Å². The summed E-state index contributed by atoms with van der Waals surface area (Å²) in [6.07, 6.45) is -7.26. The molecule has 2 saturated carbocycles. The minimum absolute atomic E-state index is 0.0828. The minimum atomic E-state index is -2.07. The summed E-state index contributed by atoms with van der Waals surface area (Å²) in [5.41, 5.74) is -6.24. The Kier molecular flexibility index (Phi) is 6.40. The number of ketones is 1. The number of rotatable bonds is 3. The van der Waals surface area contributed by atoms with Crippen LogP contribution in [-0.4, -0.2) is 86.5 Å². The van der Waals surface area contributed by atoms with Crippen LogP contribution in [0.1, 0.15) is 57.8 Å². The number of esters is 2. The first-order valence-electron chi connectivity index (χ1n) is 13.2. The average molecular weight is 545 g/mol. The van der Waals surface area contributed by atoms with Crippen LogP contribution in [0.2, 0.25) is 0 Å². The van der Waals surface area contributed by atoms with E-state index in [2.05, 4.69) is 0 Å². The highest BCUT2D eigenvalue weighted by Crippen LogP contribution is 2.63. The van der Waals surface area contributed by atoms with Crippen LogP contribution in [0.4, 0.5) is 0 Å². The van der Waals surface area contributed by atoms with Crippen LogP contribution < -0.4 is 0 Å². The SMILES string of the molecule is CC(=O)O[C@@]12CO[C@@H]1C[C@@H](O)[C@@]1(C)C(=O)[C@H](O)C3=C(C)[C@@H](O)C[C@@](O)([C@@H](OC(=O)c4ccccc4)C12)C3(C)C. The molecule has 5 rings (SSSR count). The fourth-order valence-corrected chi connectivity index (χ4v) is 7.66. The van der Waals surface area contributed by atoms with Gasteiger partial charge in [-0.1, -0.05) is 32.0 Å². The molecule has 1 unspecified atom stereocenters. The van der Waals surface area contributed by atoms with Crippen molar-refractivity contribution in [3.8, 4) is 0 Å². The topological polar surface area (TPSA) is 160 Å². The van der Waals surface area contributed by atoms with E-state index in [4.69, 9.17) is 14.2 Å². The van der Waals surface area contributed by atoms with E-state index >= 15 is 0 Å². The summed E-state index contributed by atoms with van der Waals surface area (Å²) in [6, 6.07) is 8.08. The number of ether oxygens (including phenoxy) is 3. The lowest BCUT2D eigenvalue weighted by molar-refractivity contribution is -0.345. The van der Waals surface area contributed by atoms with Crippen molar-refractivity contribution >= 4 is 17.7 Å². The summed E-state index contributed by atoms with van der Waals surface area (Å²) in [4.78, 5) is 40.3. The number of aliphatic hydroxyl groups is 4. The predicted molar refractivity (Wildman–Crippen MR) is 135 cm³/mol. The lowest BCUT2D eigenvalue weighted by Crippen LogP contribution is -2.81. The number of carbonyl (C=O) groups excluding carboxylic acids is 3. The van der Waals surface area contributed by atoms with E-state index in [0.717, 1.165) is 0 Å². The molecule has 4 aliphatic rings. The van der Waals surface area contributed by atoms with E-state index in [1.807, 2.05) is 0 Å². The Morgan fingerprint density at radius 2 is 1.72 bits per heavy atom. The molecule has 3 aliphatic carbocycles. The van der Waals surface area contributed by atoms with Crippen molar-refractivity contribution in [1.82, 2.24) is 0 Å².